The maximum Gasteiger partial charge on any atom is 0.0453 e. The van der Waals surface area contributed by atoms with E-state index in [1.54, 1.807) is 0 Å². The first-order chi connectivity index (χ1) is 9.02. The van der Waals surface area contributed by atoms with Crippen LogP contribution in [0.15, 0.2) is 18.2 Å². The standard InChI is InChI=1S/C17H25Cl2N/c1-15(2)9-16(3,4)11-17(20,10-15)8-12-13(18)6-5-7-14(12)19/h5-7H,8-11,20H2,1-4H3. The van der Waals surface area contributed by atoms with Gasteiger partial charge in [-0.2, -0.15) is 0 Å². The molecule has 1 saturated carbocycles. The van der Waals surface area contributed by atoms with Gasteiger partial charge in [-0.15, -0.1) is 0 Å². The third-order valence-electron chi connectivity index (χ3n) is 4.21. The lowest BCUT2D eigenvalue weighted by Gasteiger charge is -2.50. The fourth-order valence-corrected chi connectivity index (χ4v) is 5.10. The summed E-state index contributed by atoms with van der Waals surface area (Å²) >= 11 is 12.6. The SMILES string of the molecule is CC1(C)CC(C)(C)CC(N)(Cc2c(Cl)cccc2Cl)C1. The molecule has 112 valence electrons. The first-order valence-corrected chi connectivity index (χ1v) is 8.00. The van der Waals surface area contributed by atoms with Gasteiger partial charge in [0.15, 0.2) is 0 Å². The Morgan fingerprint density at radius 2 is 1.40 bits per heavy atom. The fraction of sp³-hybridized carbons (Fsp3) is 0.647. The van der Waals surface area contributed by atoms with Crippen LogP contribution in [0.5, 0.6) is 0 Å². The van der Waals surface area contributed by atoms with Crippen LogP contribution >= 0.6 is 23.2 Å². The van der Waals surface area contributed by atoms with Gasteiger partial charge in [0.1, 0.15) is 0 Å². The molecule has 0 aliphatic heterocycles. The molecule has 1 nitrogen and oxygen atoms in total. The third kappa shape index (κ3) is 3.69. The monoisotopic (exact) mass is 313 g/mol. The van der Waals surface area contributed by atoms with Crippen molar-refractivity contribution in [3.05, 3.63) is 33.8 Å². The number of halogens is 2. The molecule has 0 amide bonds. The summed E-state index contributed by atoms with van der Waals surface area (Å²) in [6.45, 7) is 9.24. The second kappa shape index (κ2) is 5.19. The normalized spacial score (nSPS) is 23.6. The molecule has 1 aromatic rings. The van der Waals surface area contributed by atoms with Crippen LogP contribution in [0.2, 0.25) is 10.0 Å². The Kier molecular flexibility index (Phi) is 4.19. The minimum absolute atomic E-state index is 0.236. The summed E-state index contributed by atoms with van der Waals surface area (Å²) < 4.78 is 0. The van der Waals surface area contributed by atoms with Gasteiger partial charge in [-0.25, -0.2) is 0 Å². The number of benzene rings is 1. The van der Waals surface area contributed by atoms with Gasteiger partial charge in [-0.05, 0) is 54.2 Å². The topological polar surface area (TPSA) is 26.0 Å². The van der Waals surface area contributed by atoms with Crippen molar-refractivity contribution >= 4 is 23.2 Å². The van der Waals surface area contributed by atoms with Gasteiger partial charge in [0, 0.05) is 15.6 Å². The molecule has 0 spiro atoms. The minimum Gasteiger partial charge on any atom is -0.325 e. The lowest BCUT2D eigenvalue weighted by atomic mass is 9.57. The Bertz CT molecular complexity index is 469. The Balaban J connectivity index is 2.31. The van der Waals surface area contributed by atoms with Gasteiger partial charge in [0.05, 0.1) is 0 Å². The van der Waals surface area contributed by atoms with Gasteiger partial charge >= 0.3 is 0 Å². The van der Waals surface area contributed by atoms with Crippen LogP contribution in [0.4, 0.5) is 0 Å². The largest absolute Gasteiger partial charge is 0.325 e. The van der Waals surface area contributed by atoms with Crippen molar-refractivity contribution in [3.8, 4) is 0 Å². The highest BCUT2D eigenvalue weighted by molar-refractivity contribution is 6.36. The van der Waals surface area contributed by atoms with Crippen LogP contribution in [0.1, 0.15) is 52.5 Å². The molecule has 2 N–H and O–H groups in total. The van der Waals surface area contributed by atoms with E-state index in [2.05, 4.69) is 27.7 Å². The average molecular weight is 314 g/mol. The van der Waals surface area contributed by atoms with Crippen LogP contribution in [0.25, 0.3) is 0 Å². The summed E-state index contributed by atoms with van der Waals surface area (Å²) in [6, 6.07) is 5.67. The second-order valence-electron chi connectivity index (χ2n) is 8.10. The van der Waals surface area contributed by atoms with Gasteiger partial charge < -0.3 is 5.73 Å². The molecule has 1 fully saturated rings. The smallest absolute Gasteiger partial charge is 0.0453 e. The maximum absolute atomic E-state index is 6.76. The van der Waals surface area contributed by atoms with Crippen LogP contribution in [0, 0.1) is 10.8 Å². The molecule has 0 unspecified atom stereocenters. The molecule has 0 saturated heterocycles. The zero-order valence-corrected chi connectivity index (χ0v) is 14.4. The predicted molar refractivity (Wildman–Crippen MR) is 88.5 cm³/mol. The molecule has 0 heterocycles. The Morgan fingerprint density at radius 3 is 1.85 bits per heavy atom. The van der Waals surface area contributed by atoms with Gasteiger partial charge in [-0.3, -0.25) is 0 Å². The summed E-state index contributed by atoms with van der Waals surface area (Å²) in [5.74, 6) is 0. The van der Waals surface area contributed by atoms with E-state index in [-0.39, 0.29) is 16.4 Å². The highest BCUT2D eigenvalue weighted by Crippen LogP contribution is 2.50. The molecule has 20 heavy (non-hydrogen) atoms. The number of rotatable bonds is 2. The van der Waals surface area contributed by atoms with Crippen molar-refractivity contribution < 1.29 is 0 Å². The Morgan fingerprint density at radius 1 is 0.950 bits per heavy atom. The first-order valence-electron chi connectivity index (χ1n) is 7.24. The van der Waals surface area contributed by atoms with Crippen molar-refractivity contribution in [2.24, 2.45) is 16.6 Å². The van der Waals surface area contributed by atoms with Crippen LogP contribution < -0.4 is 5.73 Å². The summed E-state index contributed by atoms with van der Waals surface area (Å²) in [4.78, 5) is 0. The number of nitrogens with two attached hydrogens (primary N) is 1. The summed E-state index contributed by atoms with van der Waals surface area (Å²) in [5, 5.41) is 1.45. The lowest BCUT2D eigenvalue weighted by Crippen LogP contribution is -2.53. The van der Waals surface area contributed by atoms with Crippen LogP contribution in [-0.4, -0.2) is 5.54 Å². The van der Waals surface area contributed by atoms with Crippen molar-refractivity contribution in [3.63, 3.8) is 0 Å². The van der Waals surface area contributed by atoms with Gasteiger partial charge in [0.2, 0.25) is 0 Å². The number of hydrogen-bond donors (Lipinski definition) is 1. The maximum atomic E-state index is 6.76. The molecule has 3 heteroatoms. The van der Waals surface area contributed by atoms with Crippen molar-refractivity contribution in [1.82, 2.24) is 0 Å². The molecule has 1 aliphatic rings. The van der Waals surface area contributed by atoms with E-state index in [1.165, 1.54) is 6.42 Å². The third-order valence-corrected chi connectivity index (χ3v) is 4.92. The van der Waals surface area contributed by atoms with E-state index in [0.29, 0.717) is 0 Å². The summed E-state index contributed by atoms with van der Waals surface area (Å²) in [5.41, 5.74) is 8.03. The highest BCUT2D eigenvalue weighted by atomic mass is 35.5. The van der Waals surface area contributed by atoms with E-state index < -0.39 is 0 Å². The fourth-order valence-electron chi connectivity index (χ4n) is 4.57. The van der Waals surface area contributed by atoms with E-state index in [0.717, 1.165) is 34.9 Å². The first kappa shape index (κ1) is 16.1. The van der Waals surface area contributed by atoms with E-state index in [9.17, 15) is 0 Å². The van der Waals surface area contributed by atoms with Crippen molar-refractivity contribution in [2.75, 3.05) is 0 Å². The van der Waals surface area contributed by atoms with Crippen LogP contribution in [-0.2, 0) is 6.42 Å². The molecular weight excluding hydrogens is 289 g/mol. The lowest BCUT2D eigenvalue weighted by molar-refractivity contribution is 0.0487. The summed E-state index contributed by atoms with van der Waals surface area (Å²) in [7, 11) is 0. The molecule has 1 aliphatic carbocycles. The molecular formula is C17H25Cl2N. The second-order valence-corrected chi connectivity index (χ2v) is 8.91. The minimum atomic E-state index is -0.236. The average Bonchev–Trinajstić information content (AvgIpc) is 2.18. The van der Waals surface area contributed by atoms with E-state index in [1.807, 2.05) is 18.2 Å². The van der Waals surface area contributed by atoms with Crippen molar-refractivity contribution in [1.29, 1.82) is 0 Å². The van der Waals surface area contributed by atoms with E-state index in [4.69, 9.17) is 28.9 Å². The zero-order valence-electron chi connectivity index (χ0n) is 12.9. The molecule has 0 radical (unpaired) electrons. The van der Waals surface area contributed by atoms with E-state index >= 15 is 0 Å². The molecule has 0 aromatic heterocycles. The molecule has 0 bridgehead atoms. The molecule has 0 atom stereocenters. The highest BCUT2D eigenvalue weighted by Gasteiger charge is 2.45. The zero-order chi connectivity index (χ0) is 15.2. The predicted octanol–water partition coefficient (Wildman–Crippen LogP) is 5.47. The van der Waals surface area contributed by atoms with Crippen molar-refractivity contribution in [2.45, 2.75) is 58.9 Å². The number of hydrogen-bond acceptors (Lipinski definition) is 1. The molecule has 2 rings (SSSR count). The molecule has 1 aromatic carbocycles. The Labute approximate surface area is 132 Å². The van der Waals surface area contributed by atoms with Gasteiger partial charge in [0.25, 0.3) is 0 Å². The Hall–Kier alpha value is -0.240. The summed E-state index contributed by atoms with van der Waals surface area (Å²) in [6.07, 6.45) is 3.96. The van der Waals surface area contributed by atoms with Gasteiger partial charge in [-0.1, -0.05) is 57.0 Å². The van der Waals surface area contributed by atoms with Crippen LogP contribution in [0.3, 0.4) is 0 Å². The quantitative estimate of drug-likeness (QED) is 0.769.